The molecule has 4 rings (SSSR count). The molecule has 0 radical (unpaired) electrons. The standard InChI is InChI=1S/C18H19F3N4O4S/c1-30-11(9-23-7-5-22-14(26)16(23)28)8-12-13(30)15(27)25(10-2-3-10)17(29)24(12)6-4-18(19,20)21/h8,10H,2-7,9H2,1H3/p+1. The van der Waals surface area contributed by atoms with Crippen molar-refractivity contribution in [2.75, 3.05) is 13.1 Å². The Morgan fingerprint density at radius 3 is 2.53 bits per heavy atom. The minimum Gasteiger partial charge on any atom is -0.346 e. The van der Waals surface area contributed by atoms with Gasteiger partial charge in [0.25, 0.3) is 4.70 Å². The molecular formula is C18H20F3N4O4S+. The number of aryl methyl sites for hydroxylation is 2. The third-order valence-electron chi connectivity index (χ3n) is 5.40. The number of piperazine rings is 1. The third kappa shape index (κ3) is 3.64. The number of carbonyl (C=O) groups is 2. The highest BCUT2D eigenvalue weighted by atomic mass is 32.2. The first-order valence-corrected chi connectivity index (χ1v) is 11.1. The van der Waals surface area contributed by atoms with Crippen LogP contribution in [-0.4, -0.2) is 45.1 Å². The number of amides is 2. The molecule has 2 amide bonds. The number of hydrogen-bond acceptors (Lipinski definition) is 4. The first-order valence-electron chi connectivity index (χ1n) is 9.48. The zero-order chi connectivity index (χ0) is 21.8. The number of halogens is 3. The quantitative estimate of drug-likeness (QED) is 0.553. The van der Waals surface area contributed by atoms with Crippen LogP contribution < -0.4 is 16.6 Å². The fourth-order valence-corrected chi connectivity index (χ4v) is 5.42. The summed E-state index contributed by atoms with van der Waals surface area (Å²) < 4.78 is 40.9. The number of nitrogens with one attached hydrogen (secondary N) is 1. The Morgan fingerprint density at radius 1 is 1.20 bits per heavy atom. The van der Waals surface area contributed by atoms with E-state index in [0.717, 1.165) is 9.13 Å². The van der Waals surface area contributed by atoms with Gasteiger partial charge in [-0.15, -0.1) is 0 Å². The zero-order valence-corrected chi connectivity index (χ0v) is 16.9. The average Bonchev–Trinajstić information content (AvgIpc) is 3.43. The summed E-state index contributed by atoms with van der Waals surface area (Å²) >= 11 is 0. The van der Waals surface area contributed by atoms with Gasteiger partial charge in [0.05, 0.1) is 13.0 Å². The van der Waals surface area contributed by atoms with Gasteiger partial charge in [0, 0.05) is 31.7 Å². The fraction of sp³-hybridized carbons (Fsp3) is 0.556. The highest BCUT2D eigenvalue weighted by Crippen LogP contribution is 2.36. The molecule has 8 nitrogen and oxygen atoms in total. The van der Waals surface area contributed by atoms with E-state index in [9.17, 15) is 32.3 Å². The molecule has 0 bridgehead atoms. The van der Waals surface area contributed by atoms with Crippen LogP contribution >= 0.6 is 10.5 Å². The van der Waals surface area contributed by atoms with Gasteiger partial charge in [0.2, 0.25) is 0 Å². The van der Waals surface area contributed by atoms with Crippen LogP contribution in [0.15, 0.2) is 15.7 Å². The van der Waals surface area contributed by atoms with Crippen molar-refractivity contribution in [2.45, 2.75) is 44.6 Å². The molecule has 2 aliphatic rings. The number of fused-ring (bicyclic) bond motifs is 1. The molecular weight excluding hydrogens is 425 g/mol. The van der Waals surface area contributed by atoms with Crippen LogP contribution in [0.4, 0.5) is 13.2 Å². The van der Waals surface area contributed by atoms with E-state index in [0.29, 0.717) is 35.5 Å². The Balaban J connectivity index is 1.83. The summed E-state index contributed by atoms with van der Waals surface area (Å²) in [6.45, 7) is 0.0935. The Labute approximate surface area is 170 Å². The molecule has 3 heterocycles. The molecule has 2 aromatic heterocycles. The van der Waals surface area contributed by atoms with Crippen molar-refractivity contribution in [1.82, 2.24) is 19.4 Å². The lowest BCUT2D eigenvalue weighted by Gasteiger charge is -2.24. The van der Waals surface area contributed by atoms with E-state index in [-0.39, 0.29) is 18.1 Å². The molecule has 1 unspecified atom stereocenters. The second-order valence-electron chi connectivity index (χ2n) is 7.52. The molecule has 0 spiro atoms. The molecule has 2 aromatic rings. The van der Waals surface area contributed by atoms with Gasteiger partial charge in [-0.3, -0.25) is 23.5 Å². The molecule has 30 heavy (non-hydrogen) atoms. The van der Waals surface area contributed by atoms with E-state index < -0.39 is 52.7 Å². The van der Waals surface area contributed by atoms with E-state index in [2.05, 4.69) is 5.32 Å². The Hall–Kier alpha value is -2.63. The van der Waals surface area contributed by atoms with Gasteiger partial charge in [-0.05, 0) is 23.3 Å². The summed E-state index contributed by atoms with van der Waals surface area (Å²) in [5, 5.41) is 2.45. The molecule has 12 heteroatoms. The summed E-state index contributed by atoms with van der Waals surface area (Å²) in [5.41, 5.74) is -1.02. The van der Waals surface area contributed by atoms with Gasteiger partial charge in [0.15, 0.2) is 4.88 Å². The van der Waals surface area contributed by atoms with Crippen LogP contribution in [0.5, 0.6) is 0 Å². The van der Waals surface area contributed by atoms with Gasteiger partial charge in [-0.25, -0.2) is 4.79 Å². The molecule has 1 aliphatic carbocycles. The monoisotopic (exact) mass is 445 g/mol. The van der Waals surface area contributed by atoms with Crippen molar-refractivity contribution in [1.29, 1.82) is 0 Å². The number of aromatic nitrogens is 2. The predicted molar refractivity (Wildman–Crippen MR) is 103 cm³/mol. The molecule has 2 fully saturated rings. The second kappa shape index (κ2) is 7.25. The molecule has 1 aliphatic heterocycles. The van der Waals surface area contributed by atoms with Crippen molar-refractivity contribution in [3.63, 3.8) is 0 Å². The number of carbonyl (C=O) groups excluding carboxylic acids is 2. The highest BCUT2D eigenvalue weighted by molar-refractivity contribution is 7.35. The van der Waals surface area contributed by atoms with Gasteiger partial charge in [0.1, 0.15) is 11.8 Å². The van der Waals surface area contributed by atoms with Gasteiger partial charge < -0.3 is 10.2 Å². The lowest BCUT2D eigenvalue weighted by atomic mass is 10.3. The molecule has 1 saturated heterocycles. The van der Waals surface area contributed by atoms with Crippen molar-refractivity contribution < 1.29 is 22.8 Å². The second-order valence-corrected chi connectivity index (χ2v) is 9.48. The van der Waals surface area contributed by atoms with Crippen LogP contribution in [0, 0.1) is 0 Å². The maximum absolute atomic E-state index is 13.0. The SMILES string of the molecule is C[s+]1c(CN2CCNC(=O)C2=O)cc2c1c(=O)n(C1CC1)c(=O)n2CCC(F)(F)F. The number of rotatable bonds is 5. The minimum absolute atomic E-state index is 0.0802. The van der Waals surface area contributed by atoms with Crippen LogP contribution in [0.3, 0.4) is 0 Å². The first kappa shape index (κ1) is 20.6. The maximum Gasteiger partial charge on any atom is 0.390 e. The molecule has 1 atom stereocenters. The van der Waals surface area contributed by atoms with Crippen molar-refractivity contribution in [3.05, 3.63) is 31.8 Å². The predicted octanol–water partition coefficient (Wildman–Crippen LogP) is 1.19. The average molecular weight is 445 g/mol. The highest BCUT2D eigenvalue weighted by Gasteiger charge is 2.36. The summed E-state index contributed by atoms with van der Waals surface area (Å²) in [6.07, 6.45) is -2.60. The van der Waals surface area contributed by atoms with Crippen LogP contribution in [0.25, 0.3) is 10.2 Å². The fourth-order valence-electron chi connectivity index (χ4n) is 3.68. The van der Waals surface area contributed by atoms with E-state index in [1.54, 1.807) is 6.26 Å². The van der Waals surface area contributed by atoms with Crippen molar-refractivity contribution >= 4 is 32.5 Å². The van der Waals surface area contributed by atoms with E-state index in [1.807, 2.05) is 0 Å². The largest absolute Gasteiger partial charge is 0.390 e. The van der Waals surface area contributed by atoms with E-state index >= 15 is 0 Å². The summed E-state index contributed by atoms with van der Waals surface area (Å²) in [6, 6.07) is 1.26. The summed E-state index contributed by atoms with van der Waals surface area (Å²) in [4.78, 5) is 51.6. The number of alkyl halides is 3. The molecule has 1 saturated carbocycles. The Kier molecular flexibility index (Phi) is 4.99. The maximum atomic E-state index is 13.0. The normalized spacial score (nSPS) is 18.3. The summed E-state index contributed by atoms with van der Waals surface area (Å²) in [7, 11) is -0.806. The smallest absolute Gasteiger partial charge is 0.346 e. The van der Waals surface area contributed by atoms with Crippen LogP contribution in [0.1, 0.15) is 30.2 Å². The van der Waals surface area contributed by atoms with Crippen molar-refractivity contribution in [3.8, 4) is 0 Å². The third-order valence-corrected chi connectivity index (χ3v) is 7.43. The minimum atomic E-state index is -4.44. The topological polar surface area (TPSA) is 93.4 Å². The number of thiophene rings is 1. The lowest BCUT2D eigenvalue weighted by Crippen LogP contribution is -2.51. The van der Waals surface area contributed by atoms with Crippen molar-refractivity contribution in [2.24, 2.45) is 6.26 Å². The summed E-state index contributed by atoms with van der Waals surface area (Å²) in [5.74, 6) is -1.41. The zero-order valence-electron chi connectivity index (χ0n) is 16.1. The van der Waals surface area contributed by atoms with Crippen LogP contribution in [-0.2, 0) is 28.9 Å². The molecule has 0 aromatic carbocycles. The van der Waals surface area contributed by atoms with E-state index in [4.69, 9.17) is 0 Å². The van der Waals surface area contributed by atoms with Crippen LogP contribution in [0.2, 0.25) is 0 Å². The van der Waals surface area contributed by atoms with Gasteiger partial charge in [-0.1, -0.05) is 0 Å². The van der Waals surface area contributed by atoms with Gasteiger partial charge >= 0.3 is 29.2 Å². The molecule has 1 N–H and O–H groups in total. The van der Waals surface area contributed by atoms with E-state index in [1.165, 1.54) is 11.0 Å². The molecule has 162 valence electrons. The first-order chi connectivity index (χ1) is 14.1. The number of hydrogen-bond donors (Lipinski definition) is 1. The lowest BCUT2D eigenvalue weighted by molar-refractivity contribution is -0.148. The van der Waals surface area contributed by atoms with Gasteiger partial charge in [-0.2, -0.15) is 13.2 Å². The Morgan fingerprint density at radius 2 is 1.90 bits per heavy atom. The number of nitrogens with zero attached hydrogens (tertiary/aromatic N) is 3. The Bertz CT molecular complexity index is 1160.